The molecule has 13 heavy (non-hydrogen) atoms. The number of rotatable bonds is 6. The summed E-state index contributed by atoms with van der Waals surface area (Å²) in [7, 11) is 0. The molecule has 0 aromatic carbocycles. The summed E-state index contributed by atoms with van der Waals surface area (Å²) in [5.74, 6) is 0.822. The Bertz CT molecular complexity index is 189. The average Bonchev–Trinajstić information content (AvgIpc) is 2.11. The van der Waals surface area contributed by atoms with Gasteiger partial charge in [0.25, 0.3) is 0 Å². The van der Waals surface area contributed by atoms with E-state index in [1.165, 1.54) is 0 Å². The Morgan fingerprint density at radius 2 is 2.00 bits per heavy atom. The van der Waals surface area contributed by atoms with E-state index >= 15 is 0 Å². The quantitative estimate of drug-likeness (QED) is 0.623. The Morgan fingerprint density at radius 1 is 1.38 bits per heavy atom. The van der Waals surface area contributed by atoms with Crippen LogP contribution in [-0.2, 0) is 0 Å². The highest BCUT2D eigenvalue weighted by Gasteiger charge is 2.12. The maximum absolute atomic E-state index is 9.12. The lowest BCUT2D eigenvalue weighted by Gasteiger charge is -2.18. The van der Waals surface area contributed by atoms with Crippen LogP contribution in [0.5, 0.6) is 0 Å². The molecule has 74 valence electrons. The van der Waals surface area contributed by atoms with Crippen molar-refractivity contribution in [2.45, 2.75) is 20.3 Å². The van der Waals surface area contributed by atoms with Gasteiger partial charge in [-0.05, 0) is 23.8 Å². The molecule has 0 aliphatic rings. The molecule has 0 saturated carbocycles. The minimum Gasteiger partial charge on any atom is -0.396 e. The molecule has 0 aromatic rings. The lowest BCUT2D eigenvalue weighted by Crippen LogP contribution is -2.13. The second-order valence-electron chi connectivity index (χ2n) is 3.57. The first-order chi connectivity index (χ1) is 6.15. The van der Waals surface area contributed by atoms with Gasteiger partial charge in [-0.15, -0.1) is 0 Å². The van der Waals surface area contributed by atoms with Crippen molar-refractivity contribution in [2.24, 2.45) is 11.8 Å². The normalized spacial score (nSPS) is 14.3. The summed E-state index contributed by atoms with van der Waals surface area (Å²) in [5, 5.41) is 9.12. The first-order valence-electron chi connectivity index (χ1n) is 4.70. The van der Waals surface area contributed by atoms with Gasteiger partial charge >= 0.3 is 0 Å². The molecule has 0 rings (SSSR count). The van der Waals surface area contributed by atoms with Gasteiger partial charge in [0.15, 0.2) is 0 Å². The number of hydrogen-bond acceptors (Lipinski definition) is 1. The summed E-state index contributed by atoms with van der Waals surface area (Å²) in [4.78, 5) is 0. The molecule has 0 heterocycles. The highest BCUT2D eigenvalue weighted by atomic mass is 16.3. The van der Waals surface area contributed by atoms with E-state index < -0.39 is 0 Å². The van der Waals surface area contributed by atoms with Crippen LogP contribution in [0.4, 0.5) is 0 Å². The molecule has 1 nitrogen and oxygen atoms in total. The zero-order chi connectivity index (χ0) is 10.3. The van der Waals surface area contributed by atoms with Gasteiger partial charge in [-0.2, -0.15) is 0 Å². The van der Waals surface area contributed by atoms with Crippen molar-refractivity contribution in [3.63, 3.8) is 0 Å². The van der Waals surface area contributed by atoms with Crippen LogP contribution in [-0.4, -0.2) is 11.7 Å². The maximum atomic E-state index is 9.12. The molecular weight excluding hydrogens is 160 g/mol. The van der Waals surface area contributed by atoms with E-state index in [0.717, 1.165) is 12.0 Å². The predicted octanol–water partition coefficient (Wildman–Crippen LogP) is 2.94. The third kappa shape index (κ3) is 4.69. The fourth-order valence-electron chi connectivity index (χ4n) is 1.18. The highest BCUT2D eigenvalue weighted by molar-refractivity contribution is 5.21. The number of aliphatic hydroxyl groups is 1. The number of allylic oxidation sites excluding steroid dienone is 4. The molecule has 1 N–H and O–H groups in total. The Labute approximate surface area is 81.5 Å². The molecule has 0 bridgehead atoms. The Kier molecular flexibility index (Phi) is 6.25. The van der Waals surface area contributed by atoms with E-state index in [4.69, 9.17) is 5.11 Å². The molecule has 0 radical (unpaired) electrons. The van der Waals surface area contributed by atoms with Crippen molar-refractivity contribution in [1.29, 1.82) is 0 Å². The summed E-state index contributed by atoms with van der Waals surface area (Å²) in [6, 6.07) is 0. The van der Waals surface area contributed by atoms with Crippen molar-refractivity contribution < 1.29 is 5.11 Å². The van der Waals surface area contributed by atoms with Crippen molar-refractivity contribution in [3.05, 3.63) is 37.0 Å². The SMILES string of the molecule is C=C/C=C(\C=C)CC(CO)C(C)C. The second kappa shape index (κ2) is 6.67. The summed E-state index contributed by atoms with van der Waals surface area (Å²) < 4.78 is 0. The molecule has 1 atom stereocenters. The molecular formula is C12H20O. The fourth-order valence-corrected chi connectivity index (χ4v) is 1.18. The van der Waals surface area contributed by atoms with Gasteiger partial charge in [0, 0.05) is 6.61 Å². The van der Waals surface area contributed by atoms with Gasteiger partial charge in [-0.1, -0.05) is 45.2 Å². The fraction of sp³-hybridized carbons (Fsp3) is 0.500. The second-order valence-corrected chi connectivity index (χ2v) is 3.57. The number of aliphatic hydroxyl groups excluding tert-OH is 1. The summed E-state index contributed by atoms with van der Waals surface area (Å²) in [5.41, 5.74) is 1.14. The van der Waals surface area contributed by atoms with Gasteiger partial charge in [0.2, 0.25) is 0 Å². The van der Waals surface area contributed by atoms with Gasteiger partial charge in [0.1, 0.15) is 0 Å². The lowest BCUT2D eigenvalue weighted by molar-refractivity contribution is 0.189. The lowest BCUT2D eigenvalue weighted by atomic mass is 9.90. The minimum atomic E-state index is 0.236. The number of hydrogen-bond donors (Lipinski definition) is 1. The monoisotopic (exact) mass is 180 g/mol. The third-order valence-electron chi connectivity index (χ3n) is 2.27. The van der Waals surface area contributed by atoms with Crippen molar-refractivity contribution in [1.82, 2.24) is 0 Å². The first kappa shape index (κ1) is 12.2. The first-order valence-corrected chi connectivity index (χ1v) is 4.70. The van der Waals surface area contributed by atoms with Crippen LogP contribution < -0.4 is 0 Å². The maximum Gasteiger partial charge on any atom is 0.0464 e. The van der Waals surface area contributed by atoms with Gasteiger partial charge in [-0.3, -0.25) is 0 Å². The van der Waals surface area contributed by atoms with Gasteiger partial charge < -0.3 is 5.11 Å². The van der Waals surface area contributed by atoms with Gasteiger partial charge in [-0.25, -0.2) is 0 Å². The molecule has 0 aliphatic carbocycles. The van der Waals surface area contributed by atoms with Crippen molar-refractivity contribution in [3.8, 4) is 0 Å². The van der Waals surface area contributed by atoms with Crippen molar-refractivity contribution >= 4 is 0 Å². The molecule has 0 aromatic heterocycles. The van der Waals surface area contributed by atoms with Crippen molar-refractivity contribution in [2.75, 3.05) is 6.61 Å². The molecule has 0 fully saturated rings. The van der Waals surface area contributed by atoms with E-state index in [1.807, 2.05) is 12.2 Å². The zero-order valence-corrected chi connectivity index (χ0v) is 8.66. The van der Waals surface area contributed by atoms with E-state index in [0.29, 0.717) is 11.8 Å². The van der Waals surface area contributed by atoms with E-state index in [9.17, 15) is 0 Å². The molecule has 1 heteroatoms. The summed E-state index contributed by atoms with van der Waals surface area (Å²) in [6.45, 7) is 11.8. The topological polar surface area (TPSA) is 20.2 Å². The molecule has 0 saturated heterocycles. The standard InChI is InChI=1S/C12H20O/c1-5-7-11(6-2)8-12(9-13)10(3)4/h5-7,10,12-13H,1-2,8-9H2,3-4H3/b11-7+. The Hall–Kier alpha value is -0.820. The van der Waals surface area contributed by atoms with Crippen LogP contribution in [0, 0.1) is 11.8 Å². The van der Waals surface area contributed by atoms with Gasteiger partial charge in [0.05, 0.1) is 0 Å². The van der Waals surface area contributed by atoms with Crippen LogP contribution in [0.2, 0.25) is 0 Å². The molecule has 1 unspecified atom stereocenters. The third-order valence-corrected chi connectivity index (χ3v) is 2.27. The van der Waals surface area contributed by atoms with Crippen LogP contribution in [0.1, 0.15) is 20.3 Å². The molecule has 0 amide bonds. The van der Waals surface area contributed by atoms with E-state index in [-0.39, 0.29) is 6.61 Å². The average molecular weight is 180 g/mol. The Balaban J connectivity index is 4.27. The Morgan fingerprint density at radius 3 is 2.31 bits per heavy atom. The highest BCUT2D eigenvalue weighted by Crippen LogP contribution is 2.19. The van der Waals surface area contributed by atoms with Crippen LogP contribution in [0.25, 0.3) is 0 Å². The summed E-state index contributed by atoms with van der Waals surface area (Å²) >= 11 is 0. The smallest absolute Gasteiger partial charge is 0.0464 e. The van der Waals surface area contributed by atoms with Crippen LogP contribution >= 0.6 is 0 Å². The van der Waals surface area contributed by atoms with Crippen LogP contribution in [0.3, 0.4) is 0 Å². The van der Waals surface area contributed by atoms with E-state index in [2.05, 4.69) is 27.0 Å². The van der Waals surface area contributed by atoms with Crippen LogP contribution in [0.15, 0.2) is 37.0 Å². The molecule has 0 spiro atoms. The minimum absolute atomic E-state index is 0.236. The molecule has 0 aliphatic heterocycles. The summed E-state index contributed by atoms with van der Waals surface area (Å²) in [6.07, 6.45) is 6.40. The van der Waals surface area contributed by atoms with E-state index in [1.54, 1.807) is 6.08 Å². The predicted molar refractivity (Wildman–Crippen MR) is 58.5 cm³/mol. The zero-order valence-electron chi connectivity index (χ0n) is 8.66. The largest absolute Gasteiger partial charge is 0.396 e.